The van der Waals surface area contributed by atoms with Gasteiger partial charge in [-0.05, 0) is 19.1 Å². The number of anilines is 1. The first-order valence-corrected chi connectivity index (χ1v) is 5.05. The van der Waals surface area contributed by atoms with E-state index >= 15 is 0 Å². The van der Waals surface area contributed by atoms with Gasteiger partial charge in [0.1, 0.15) is 5.38 Å². The smallest absolute Gasteiger partial charge is 0.243 e. The van der Waals surface area contributed by atoms with E-state index in [2.05, 4.69) is 11.2 Å². The molecule has 0 heterocycles. The van der Waals surface area contributed by atoms with Gasteiger partial charge in [0, 0.05) is 11.6 Å². The first-order valence-electron chi connectivity index (χ1n) is 4.61. The van der Waals surface area contributed by atoms with E-state index in [-0.39, 0.29) is 11.8 Å². The van der Waals surface area contributed by atoms with Crippen LogP contribution in [0.2, 0.25) is 0 Å². The zero-order valence-electron chi connectivity index (χ0n) is 8.41. The third kappa shape index (κ3) is 3.30. The Bertz CT molecular complexity index is 369. The Balaban J connectivity index is 2.61. The van der Waals surface area contributed by atoms with E-state index in [0.29, 0.717) is 0 Å². The summed E-state index contributed by atoms with van der Waals surface area (Å²) in [6.07, 6.45) is 5.19. The topological polar surface area (TPSA) is 29.1 Å². The number of carbonyl (C=O) groups is 1. The Morgan fingerprint density at radius 3 is 2.60 bits per heavy atom. The van der Waals surface area contributed by atoms with Crippen molar-refractivity contribution in [3.63, 3.8) is 0 Å². The molecule has 1 rings (SSSR count). The number of benzene rings is 1. The SMILES string of the molecule is C#CC(C)C(Cl)C(=O)Nc1ccccc1. The van der Waals surface area contributed by atoms with Gasteiger partial charge in [-0.15, -0.1) is 23.9 Å². The summed E-state index contributed by atoms with van der Waals surface area (Å²) in [6.45, 7) is 1.74. The van der Waals surface area contributed by atoms with Crippen LogP contribution in [0, 0.1) is 18.3 Å². The predicted molar refractivity (Wildman–Crippen MR) is 62.7 cm³/mol. The lowest BCUT2D eigenvalue weighted by molar-refractivity contribution is -0.116. The molecule has 2 nitrogen and oxygen atoms in total. The van der Waals surface area contributed by atoms with E-state index in [1.54, 1.807) is 19.1 Å². The van der Waals surface area contributed by atoms with Crippen molar-refractivity contribution in [2.24, 2.45) is 5.92 Å². The molecule has 0 saturated carbocycles. The van der Waals surface area contributed by atoms with Crippen LogP contribution < -0.4 is 5.32 Å². The molecule has 0 bridgehead atoms. The van der Waals surface area contributed by atoms with Crippen LogP contribution in [0.3, 0.4) is 0 Å². The van der Waals surface area contributed by atoms with Crippen LogP contribution in [-0.2, 0) is 4.79 Å². The van der Waals surface area contributed by atoms with E-state index in [4.69, 9.17) is 18.0 Å². The van der Waals surface area contributed by atoms with Crippen LogP contribution in [0.25, 0.3) is 0 Å². The van der Waals surface area contributed by atoms with Crippen molar-refractivity contribution in [1.82, 2.24) is 0 Å². The van der Waals surface area contributed by atoms with E-state index in [0.717, 1.165) is 5.69 Å². The molecular weight excluding hydrogens is 210 g/mol. The zero-order chi connectivity index (χ0) is 11.3. The molecule has 1 aromatic rings. The number of rotatable bonds is 3. The van der Waals surface area contributed by atoms with Crippen molar-refractivity contribution in [1.29, 1.82) is 0 Å². The summed E-state index contributed by atoms with van der Waals surface area (Å²) in [4.78, 5) is 11.6. The lowest BCUT2D eigenvalue weighted by atomic mass is 10.1. The molecular formula is C12H12ClNO. The number of terminal acetylenes is 1. The summed E-state index contributed by atoms with van der Waals surface area (Å²) >= 11 is 5.88. The Labute approximate surface area is 94.6 Å². The lowest BCUT2D eigenvalue weighted by Gasteiger charge is -2.12. The summed E-state index contributed by atoms with van der Waals surface area (Å²) in [5.41, 5.74) is 0.720. The summed E-state index contributed by atoms with van der Waals surface area (Å²) in [6, 6.07) is 9.13. The maximum Gasteiger partial charge on any atom is 0.243 e. The van der Waals surface area contributed by atoms with Crippen LogP contribution in [-0.4, -0.2) is 11.3 Å². The molecule has 1 aromatic carbocycles. The normalized spacial score (nSPS) is 13.7. The number of nitrogens with one attached hydrogen (secondary N) is 1. The number of para-hydroxylation sites is 1. The van der Waals surface area contributed by atoms with Gasteiger partial charge < -0.3 is 5.32 Å². The molecule has 0 aliphatic rings. The number of halogens is 1. The first kappa shape index (κ1) is 11.6. The maximum absolute atomic E-state index is 11.6. The quantitative estimate of drug-likeness (QED) is 0.617. The van der Waals surface area contributed by atoms with Gasteiger partial charge in [0.15, 0.2) is 0 Å². The van der Waals surface area contributed by atoms with Crippen molar-refractivity contribution in [3.8, 4) is 12.3 Å². The van der Waals surface area contributed by atoms with Crippen LogP contribution in [0.4, 0.5) is 5.69 Å². The Kier molecular flexibility index (Phi) is 4.20. The van der Waals surface area contributed by atoms with Gasteiger partial charge >= 0.3 is 0 Å². The van der Waals surface area contributed by atoms with E-state index < -0.39 is 5.38 Å². The molecule has 78 valence electrons. The monoisotopic (exact) mass is 221 g/mol. The molecule has 15 heavy (non-hydrogen) atoms. The fourth-order valence-corrected chi connectivity index (χ4v) is 1.17. The summed E-state index contributed by atoms with van der Waals surface area (Å²) in [5, 5.41) is 1.99. The van der Waals surface area contributed by atoms with Gasteiger partial charge in [-0.1, -0.05) is 18.2 Å². The Morgan fingerprint density at radius 1 is 1.47 bits per heavy atom. The average Bonchev–Trinajstić information content (AvgIpc) is 2.28. The molecule has 0 spiro atoms. The molecule has 2 unspecified atom stereocenters. The fraction of sp³-hybridized carbons (Fsp3) is 0.250. The number of hydrogen-bond acceptors (Lipinski definition) is 1. The first-order chi connectivity index (χ1) is 7.15. The number of alkyl halides is 1. The molecule has 0 aliphatic carbocycles. The van der Waals surface area contributed by atoms with Crippen molar-refractivity contribution < 1.29 is 4.79 Å². The molecule has 0 aromatic heterocycles. The molecule has 0 aliphatic heterocycles. The second-order valence-corrected chi connectivity index (χ2v) is 3.68. The largest absolute Gasteiger partial charge is 0.325 e. The van der Waals surface area contributed by atoms with Gasteiger partial charge in [0.2, 0.25) is 5.91 Å². The van der Waals surface area contributed by atoms with E-state index in [1.165, 1.54) is 0 Å². The molecule has 3 heteroatoms. The minimum Gasteiger partial charge on any atom is -0.325 e. The van der Waals surface area contributed by atoms with Gasteiger partial charge in [-0.2, -0.15) is 0 Å². The zero-order valence-corrected chi connectivity index (χ0v) is 9.16. The third-order valence-electron chi connectivity index (χ3n) is 1.99. The van der Waals surface area contributed by atoms with Crippen molar-refractivity contribution >= 4 is 23.2 Å². The van der Waals surface area contributed by atoms with Gasteiger partial charge in [-0.3, -0.25) is 4.79 Å². The average molecular weight is 222 g/mol. The highest BCUT2D eigenvalue weighted by Crippen LogP contribution is 2.13. The second-order valence-electron chi connectivity index (χ2n) is 3.21. The molecule has 1 N–H and O–H groups in total. The molecule has 0 radical (unpaired) electrons. The summed E-state index contributed by atoms with van der Waals surface area (Å²) in [7, 11) is 0. The maximum atomic E-state index is 11.6. The minimum absolute atomic E-state index is 0.270. The lowest BCUT2D eigenvalue weighted by Crippen LogP contribution is -2.28. The number of carbonyl (C=O) groups excluding carboxylic acids is 1. The Morgan fingerprint density at radius 2 is 2.07 bits per heavy atom. The van der Waals surface area contributed by atoms with Gasteiger partial charge in [0.05, 0.1) is 0 Å². The van der Waals surface area contributed by atoms with Crippen LogP contribution in [0.5, 0.6) is 0 Å². The van der Waals surface area contributed by atoms with Crippen molar-refractivity contribution in [2.75, 3.05) is 5.32 Å². The molecule has 2 atom stereocenters. The van der Waals surface area contributed by atoms with Crippen molar-refractivity contribution in [2.45, 2.75) is 12.3 Å². The summed E-state index contributed by atoms with van der Waals surface area (Å²) in [5.74, 6) is 1.89. The molecule has 0 fully saturated rings. The molecule has 1 amide bonds. The number of amides is 1. The highest BCUT2D eigenvalue weighted by atomic mass is 35.5. The highest BCUT2D eigenvalue weighted by molar-refractivity contribution is 6.32. The third-order valence-corrected chi connectivity index (χ3v) is 2.57. The predicted octanol–water partition coefficient (Wildman–Crippen LogP) is 2.50. The van der Waals surface area contributed by atoms with Crippen LogP contribution >= 0.6 is 11.6 Å². The van der Waals surface area contributed by atoms with Gasteiger partial charge in [0.25, 0.3) is 0 Å². The van der Waals surface area contributed by atoms with Crippen molar-refractivity contribution in [3.05, 3.63) is 30.3 Å². The highest BCUT2D eigenvalue weighted by Gasteiger charge is 2.20. The molecule has 0 saturated heterocycles. The number of hydrogen-bond donors (Lipinski definition) is 1. The van der Waals surface area contributed by atoms with Gasteiger partial charge in [-0.25, -0.2) is 0 Å². The minimum atomic E-state index is -0.699. The van der Waals surface area contributed by atoms with E-state index in [1.807, 2.05) is 18.2 Å². The van der Waals surface area contributed by atoms with Crippen LogP contribution in [0.1, 0.15) is 6.92 Å². The standard InChI is InChI=1S/C12H12ClNO/c1-3-9(2)11(13)12(15)14-10-7-5-4-6-8-10/h1,4-9,11H,2H3,(H,14,15). The fourth-order valence-electron chi connectivity index (χ4n) is 1.04. The summed E-state index contributed by atoms with van der Waals surface area (Å²) < 4.78 is 0. The second kappa shape index (κ2) is 5.43. The van der Waals surface area contributed by atoms with Crippen LogP contribution in [0.15, 0.2) is 30.3 Å². The van der Waals surface area contributed by atoms with E-state index in [9.17, 15) is 4.79 Å². The Hall–Kier alpha value is -1.46.